The molecule has 0 spiro atoms. The Kier molecular flexibility index (Phi) is 4.14. The fourth-order valence-corrected chi connectivity index (χ4v) is 2.17. The van der Waals surface area contributed by atoms with Crippen molar-refractivity contribution in [3.8, 4) is 11.1 Å². The van der Waals surface area contributed by atoms with E-state index in [0.29, 0.717) is 17.0 Å². The monoisotopic (exact) mass is 266 g/mol. The summed E-state index contributed by atoms with van der Waals surface area (Å²) in [6, 6.07) is 13.3. The zero-order valence-electron chi connectivity index (χ0n) is 12.0. The molecule has 0 aliphatic carbocycles. The molecule has 0 atom stereocenters. The minimum Gasteiger partial charge on any atom is -0.298 e. The second kappa shape index (κ2) is 5.83. The van der Waals surface area contributed by atoms with Gasteiger partial charge in [-0.05, 0) is 29.5 Å². The molecule has 2 heteroatoms. The van der Waals surface area contributed by atoms with E-state index >= 15 is 0 Å². The molecular weight excluding hydrogens is 248 g/mol. The van der Waals surface area contributed by atoms with Crippen LogP contribution in [0.3, 0.4) is 0 Å². The molecule has 2 aromatic rings. The van der Waals surface area contributed by atoms with Crippen molar-refractivity contribution in [3.05, 3.63) is 59.2 Å². The summed E-state index contributed by atoms with van der Waals surface area (Å²) in [6.45, 7) is 5.79. The first-order chi connectivity index (χ1) is 9.52. The van der Waals surface area contributed by atoms with Crippen molar-refractivity contribution < 1.29 is 9.59 Å². The Morgan fingerprint density at radius 3 is 2.20 bits per heavy atom. The van der Waals surface area contributed by atoms with Crippen LogP contribution in [0, 0.1) is 0 Å². The van der Waals surface area contributed by atoms with Gasteiger partial charge in [0.1, 0.15) is 0 Å². The average Bonchev–Trinajstić information content (AvgIpc) is 2.46. The molecule has 0 unspecified atom stereocenters. The first-order valence-electron chi connectivity index (χ1n) is 6.73. The third-order valence-electron chi connectivity index (χ3n) is 3.47. The highest BCUT2D eigenvalue weighted by Gasteiger charge is 2.08. The van der Waals surface area contributed by atoms with Gasteiger partial charge in [-0.2, -0.15) is 0 Å². The summed E-state index contributed by atoms with van der Waals surface area (Å²) in [6.07, 6.45) is 0.873. The Bertz CT molecular complexity index is 637. The molecule has 0 heterocycles. The van der Waals surface area contributed by atoms with E-state index in [1.54, 1.807) is 19.1 Å². The molecule has 0 bridgehead atoms. The van der Waals surface area contributed by atoms with E-state index < -0.39 is 0 Å². The fourth-order valence-electron chi connectivity index (χ4n) is 2.17. The number of carbonyl (C=O) groups is 2. The number of carbonyl (C=O) groups excluding carboxylic acids is 2. The van der Waals surface area contributed by atoms with Crippen molar-refractivity contribution in [1.82, 2.24) is 0 Å². The van der Waals surface area contributed by atoms with Gasteiger partial charge in [0.25, 0.3) is 0 Å². The van der Waals surface area contributed by atoms with Crippen LogP contribution < -0.4 is 0 Å². The maximum atomic E-state index is 11.3. The average molecular weight is 266 g/mol. The summed E-state index contributed by atoms with van der Waals surface area (Å²) in [5, 5.41) is 0. The normalized spacial score (nSPS) is 10.6. The van der Waals surface area contributed by atoms with Crippen LogP contribution in [-0.4, -0.2) is 12.1 Å². The zero-order chi connectivity index (χ0) is 14.7. The van der Waals surface area contributed by atoms with Crippen molar-refractivity contribution in [3.63, 3.8) is 0 Å². The summed E-state index contributed by atoms with van der Waals surface area (Å²) in [7, 11) is 0. The van der Waals surface area contributed by atoms with Gasteiger partial charge in [0.15, 0.2) is 12.1 Å². The Hall–Kier alpha value is -2.22. The van der Waals surface area contributed by atoms with E-state index in [1.807, 2.05) is 24.3 Å². The molecule has 0 aliphatic heterocycles. The predicted molar refractivity (Wildman–Crippen MR) is 81.4 cm³/mol. The van der Waals surface area contributed by atoms with Crippen molar-refractivity contribution in [2.24, 2.45) is 0 Å². The van der Waals surface area contributed by atoms with E-state index in [4.69, 9.17) is 0 Å². The first kappa shape index (κ1) is 14.2. The standard InChI is InChI=1S/C18H18O2/c1-12(2)16-8-9-17(11-19)18(10-16)15-6-4-14(5-7-15)13(3)20/h4-12H,1-3H3. The molecule has 0 fully saturated rings. The van der Waals surface area contributed by atoms with Crippen LogP contribution >= 0.6 is 0 Å². The second-order valence-corrected chi connectivity index (χ2v) is 5.25. The number of rotatable bonds is 4. The molecule has 0 amide bonds. The molecule has 0 saturated heterocycles. The highest BCUT2D eigenvalue weighted by molar-refractivity contribution is 5.95. The van der Waals surface area contributed by atoms with Crippen LogP contribution in [0.1, 0.15) is 53.0 Å². The Morgan fingerprint density at radius 2 is 1.70 bits per heavy atom. The summed E-state index contributed by atoms with van der Waals surface area (Å²) < 4.78 is 0. The molecule has 0 N–H and O–H groups in total. The molecule has 0 aliphatic rings. The second-order valence-electron chi connectivity index (χ2n) is 5.25. The number of hydrogen-bond acceptors (Lipinski definition) is 2. The van der Waals surface area contributed by atoms with Crippen LogP contribution in [-0.2, 0) is 0 Å². The fraction of sp³-hybridized carbons (Fsp3) is 0.222. The van der Waals surface area contributed by atoms with Crippen LogP contribution in [0.25, 0.3) is 11.1 Å². The molecule has 2 aromatic carbocycles. The lowest BCUT2D eigenvalue weighted by Gasteiger charge is -2.11. The van der Waals surface area contributed by atoms with Crippen LogP contribution in [0.4, 0.5) is 0 Å². The number of hydrogen-bond donors (Lipinski definition) is 0. The number of benzene rings is 2. The number of aldehydes is 1. The molecule has 2 rings (SSSR count). The van der Waals surface area contributed by atoms with Gasteiger partial charge in [-0.1, -0.05) is 56.3 Å². The molecular formula is C18H18O2. The quantitative estimate of drug-likeness (QED) is 0.603. The highest BCUT2D eigenvalue weighted by Crippen LogP contribution is 2.27. The first-order valence-corrected chi connectivity index (χ1v) is 6.73. The lowest BCUT2D eigenvalue weighted by atomic mass is 9.93. The summed E-state index contributed by atoms with van der Waals surface area (Å²) in [4.78, 5) is 22.5. The maximum absolute atomic E-state index is 11.3. The SMILES string of the molecule is CC(=O)c1ccc(-c2cc(C(C)C)ccc2C=O)cc1. The lowest BCUT2D eigenvalue weighted by molar-refractivity contribution is 0.101. The van der Waals surface area contributed by atoms with Gasteiger partial charge in [-0.15, -0.1) is 0 Å². The van der Waals surface area contributed by atoms with Crippen molar-refractivity contribution >= 4 is 12.1 Å². The molecule has 0 aromatic heterocycles. The largest absolute Gasteiger partial charge is 0.298 e. The van der Waals surface area contributed by atoms with E-state index in [-0.39, 0.29) is 5.78 Å². The Morgan fingerprint density at radius 1 is 1.05 bits per heavy atom. The molecule has 102 valence electrons. The van der Waals surface area contributed by atoms with Gasteiger partial charge >= 0.3 is 0 Å². The highest BCUT2D eigenvalue weighted by atomic mass is 16.1. The van der Waals surface area contributed by atoms with Gasteiger partial charge in [-0.3, -0.25) is 9.59 Å². The molecule has 20 heavy (non-hydrogen) atoms. The van der Waals surface area contributed by atoms with Gasteiger partial charge in [0.05, 0.1) is 0 Å². The van der Waals surface area contributed by atoms with E-state index in [0.717, 1.165) is 17.4 Å². The lowest BCUT2D eigenvalue weighted by Crippen LogP contribution is -1.95. The third-order valence-corrected chi connectivity index (χ3v) is 3.47. The van der Waals surface area contributed by atoms with Crippen LogP contribution in [0.2, 0.25) is 0 Å². The molecule has 2 nitrogen and oxygen atoms in total. The summed E-state index contributed by atoms with van der Waals surface area (Å²) in [5.41, 5.74) is 4.42. The van der Waals surface area contributed by atoms with E-state index in [1.165, 1.54) is 5.56 Å². The minimum atomic E-state index is 0.0445. The summed E-state index contributed by atoms with van der Waals surface area (Å²) >= 11 is 0. The Labute approximate surface area is 119 Å². The van der Waals surface area contributed by atoms with Gasteiger partial charge in [-0.25, -0.2) is 0 Å². The Balaban J connectivity index is 2.52. The van der Waals surface area contributed by atoms with Gasteiger partial charge in [0.2, 0.25) is 0 Å². The van der Waals surface area contributed by atoms with Crippen molar-refractivity contribution in [2.45, 2.75) is 26.7 Å². The summed E-state index contributed by atoms with van der Waals surface area (Å²) in [5.74, 6) is 0.453. The van der Waals surface area contributed by atoms with Gasteiger partial charge in [0, 0.05) is 11.1 Å². The molecule has 0 radical (unpaired) electrons. The predicted octanol–water partition coefficient (Wildman–Crippen LogP) is 4.49. The topological polar surface area (TPSA) is 34.1 Å². The van der Waals surface area contributed by atoms with Crippen LogP contribution in [0.15, 0.2) is 42.5 Å². The van der Waals surface area contributed by atoms with Crippen molar-refractivity contribution in [1.29, 1.82) is 0 Å². The maximum Gasteiger partial charge on any atom is 0.159 e. The van der Waals surface area contributed by atoms with E-state index in [2.05, 4.69) is 19.9 Å². The minimum absolute atomic E-state index is 0.0445. The third kappa shape index (κ3) is 2.85. The smallest absolute Gasteiger partial charge is 0.159 e. The van der Waals surface area contributed by atoms with Crippen LogP contribution in [0.5, 0.6) is 0 Å². The van der Waals surface area contributed by atoms with Gasteiger partial charge < -0.3 is 0 Å². The molecule has 0 saturated carbocycles. The van der Waals surface area contributed by atoms with Crippen molar-refractivity contribution in [2.75, 3.05) is 0 Å². The zero-order valence-corrected chi connectivity index (χ0v) is 12.0. The number of ketones is 1. The number of Topliss-reactive ketones (excluding diaryl/α,β-unsaturated/α-hetero) is 1. The van der Waals surface area contributed by atoms with E-state index in [9.17, 15) is 9.59 Å².